The molecule has 0 unspecified atom stereocenters. The van der Waals surface area contributed by atoms with Crippen molar-refractivity contribution in [2.45, 2.75) is 64.9 Å². The minimum absolute atomic E-state index is 0.0200. The molecular formula is C24H34N3O3P. The Morgan fingerprint density at radius 1 is 1.13 bits per heavy atom. The predicted molar refractivity (Wildman–Crippen MR) is 124 cm³/mol. The summed E-state index contributed by atoms with van der Waals surface area (Å²) in [7, 11) is -3.38. The van der Waals surface area contributed by atoms with Gasteiger partial charge in [-0.1, -0.05) is 32.0 Å². The van der Waals surface area contributed by atoms with Crippen LogP contribution in [0, 0.1) is 5.41 Å². The predicted octanol–water partition coefficient (Wildman–Crippen LogP) is 5.77. The quantitative estimate of drug-likeness (QED) is 0.541. The number of nitrogens with zero attached hydrogens (tertiary/aromatic N) is 3. The van der Waals surface area contributed by atoms with E-state index in [1.54, 1.807) is 4.78 Å². The SMILES string of the molecule is CC1(C)CC2=NN(c3ccccc3)[P@@](=O)(OC[C@@H]3CCCO3)C2=C(N2CCCCC2)C1. The van der Waals surface area contributed by atoms with E-state index in [1.165, 1.54) is 25.0 Å². The molecule has 0 N–H and O–H groups in total. The highest BCUT2D eigenvalue weighted by Crippen LogP contribution is 2.67. The molecule has 7 heteroatoms. The van der Waals surface area contributed by atoms with Gasteiger partial charge in [-0.15, -0.1) is 0 Å². The Morgan fingerprint density at radius 3 is 2.61 bits per heavy atom. The van der Waals surface area contributed by atoms with Crippen molar-refractivity contribution in [1.82, 2.24) is 4.90 Å². The van der Waals surface area contributed by atoms with E-state index in [-0.39, 0.29) is 11.5 Å². The second kappa shape index (κ2) is 8.38. The highest BCUT2D eigenvalue weighted by atomic mass is 31.2. The first-order chi connectivity index (χ1) is 15.0. The fourth-order valence-corrected chi connectivity index (χ4v) is 7.71. The Bertz CT molecular complexity index is 915. The van der Waals surface area contributed by atoms with Crippen molar-refractivity contribution >= 4 is 18.9 Å². The molecule has 0 bridgehead atoms. The van der Waals surface area contributed by atoms with E-state index in [4.69, 9.17) is 14.4 Å². The zero-order valence-electron chi connectivity index (χ0n) is 18.8. The highest BCUT2D eigenvalue weighted by molar-refractivity contribution is 7.67. The maximum atomic E-state index is 14.8. The maximum absolute atomic E-state index is 14.8. The fraction of sp³-hybridized carbons (Fsp3) is 0.625. The van der Waals surface area contributed by atoms with E-state index in [9.17, 15) is 4.57 Å². The lowest BCUT2D eigenvalue weighted by molar-refractivity contribution is 0.0692. The number of hydrogen-bond donors (Lipinski definition) is 0. The number of benzene rings is 1. The zero-order chi connectivity index (χ0) is 21.5. The monoisotopic (exact) mass is 443 g/mol. The molecule has 0 spiro atoms. The van der Waals surface area contributed by atoms with Gasteiger partial charge in [0.2, 0.25) is 0 Å². The molecule has 2 atom stereocenters. The van der Waals surface area contributed by atoms with E-state index < -0.39 is 7.52 Å². The van der Waals surface area contributed by atoms with Gasteiger partial charge in [-0.2, -0.15) is 9.88 Å². The molecule has 0 aromatic heterocycles. The third-order valence-electron chi connectivity index (χ3n) is 6.77. The molecule has 3 heterocycles. The third-order valence-corrected chi connectivity index (χ3v) is 9.17. The molecule has 3 aliphatic heterocycles. The van der Waals surface area contributed by atoms with Crippen molar-refractivity contribution in [3.63, 3.8) is 0 Å². The van der Waals surface area contributed by atoms with Gasteiger partial charge in [0.25, 0.3) is 0 Å². The van der Waals surface area contributed by atoms with Crippen LogP contribution in [0.3, 0.4) is 0 Å². The zero-order valence-corrected chi connectivity index (χ0v) is 19.7. The molecule has 5 rings (SSSR count). The van der Waals surface area contributed by atoms with Crippen LogP contribution in [0.1, 0.15) is 58.8 Å². The molecule has 2 fully saturated rings. The number of hydrazone groups is 1. The normalized spacial score (nSPS) is 30.5. The second-order valence-corrected chi connectivity index (χ2v) is 12.1. The molecular weight excluding hydrogens is 409 g/mol. The first-order valence-corrected chi connectivity index (χ1v) is 13.3. The lowest BCUT2D eigenvalue weighted by Crippen LogP contribution is -2.36. The van der Waals surface area contributed by atoms with Crippen LogP contribution in [0.15, 0.2) is 46.4 Å². The molecule has 6 nitrogen and oxygen atoms in total. The minimum atomic E-state index is -3.38. The Morgan fingerprint density at radius 2 is 1.90 bits per heavy atom. The molecule has 31 heavy (non-hydrogen) atoms. The first kappa shape index (κ1) is 21.2. The van der Waals surface area contributed by atoms with Gasteiger partial charge >= 0.3 is 7.52 Å². The summed E-state index contributed by atoms with van der Waals surface area (Å²) in [4.78, 5) is 2.46. The van der Waals surface area contributed by atoms with Crippen molar-refractivity contribution in [2.75, 3.05) is 31.1 Å². The summed E-state index contributed by atoms with van der Waals surface area (Å²) in [5.41, 5.74) is 3.05. The molecule has 1 aliphatic carbocycles. The largest absolute Gasteiger partial charge is 0.376 e. The Kier molecular flexibility index (Phi) is 5.74. The standard InChI is InChI=1S/C24H34N3O3P/c1-24(2)16-21-23(22(17-24)26-13-7-4-8-14-26)31(28,30-18-20-12-9-15-29-20)27(25-21)19-10-5-3-6-11-19/h3,5-6,10-11,20H,4,7-9,12-18H2,1-2H3/t20-,31-/m0/s1. The fourth-order valence-electron chi connectivity index (χ4n) is 5.26. The van der Waals surface area contributed by atoms with Gasteiger partial charge in [0, 0.05) is 25.4 Å². The van der Waals surface area contributed by atoms with E-state index in [0.717, 1.165) is 62.1 Å². The van der Waals surface area contributed by atoms with Gasteiger partial charge in [-0.25, -0.2) is 0 Å². The number of allylic oxidation sites excluding steroid dienone is 2. The van der Waals surface area contributed by atoms with Gasteiger partial charge in [-0.05, 0) is 62.5 Å². The average molecular weight is 444 g/mol. The smallest absolute Gasteiger partial charge is 0.350 e. The van der Waals surface area contributed by atoms with Crippen molar-refractivity contribution in [2.24, 2.45) is 10.5 Å². The summed E-state index contributed by atoms with van der Waals surface area (Å²) >= 11 is 0. The van der Waals surface area contributed by atoms with Crippen molar-refractivity contribution in [3.8, 4) is 0 Å². The molecule has 4 aliphatic rings. The van der Waals surface area contributed by atoms with E-state index >= 15 is 0 Å². The summed E-state index contributed by atoms with van der Waals surface area (Å²) in [6, 6.07) is 9.84. The lowest BCUT2D eigenvalue weighted by atomic mass is 9.78. The molecule has 0 radical (unpaired) electrons. The summed E-state index contributed by atoms with van der Waals surface area (Å²) < 4.78 is 28.6. The van der Waals surface area contributed by atoms with Crippen LogP contribution in [-0.4, -0.2) is 43.0 Å². The van der Waals surface area contributed by atoms with Crippen LogP contribution in [-0.2, 0) is 13.8 Å². The van der Waals surface area contributed by atoms with Crippen LogP contribution in [0.5, 0.6) is 0 Å². The number of likely N-dealkylation sites (tertiary alicyclic amines) is 1. The van der Waals surface area contributed by atoms with Crippen LogP contribution in [0.25, 0.3) is 0 Å². The number of para-hydroxylation sites is 1. The lowest BCUT2D eigenvalue weighted by Gasteiger charge is -2.40. The summed E-state index contributed by atoms with van der Waals surface area (Å²) in [5.74, 6) is 0. The van der Waals surface area contributed by atoms with Crippen LogP contribution < -0.4 is 4.78 Å². The summed E-state index contributed by atoms with van der Waals surface area (Å²) in [6.45, 7) is 7.75. The van der Waals surface area contributed by atoms with Gasteiger partial charge in [0.05, 0.1) is 24.1 Å². The van der Waals surface area contributed by atoms with Crippen LogP contribution in [0.2, 0.25) is 0 Å². The van der Waals surface area contributed by atoms with Crippen molar-refractivity contribution < 1.29 is 13.8 Å². The maximum Gasteiger partial charge on any atom is 0.350 e. The summed E-state index contributed by atoms with van der Waals surface area (Å²) in [6.07, 6.45) is 7.40. The molecule has 168 valence electrons. The number of rotatable bonds is 5. The van der Waals surface area contributed by atoms with Gasteiger partial charge in [0.1, 0.15) is 5.31 Å². The van der Waals surface area contributed by atoms with E-state index in [2.05, 4.69) is 18.7 Å². The van der Waals surface area contributed by atoms with Gasteiger partial charge in [-0.3, -0.25) is 4.57 Å². The topological polar surface area (TPSA) is 54.4 Å². The Balaban J connectivity index is 1.59. The molecule has 0 amide bonds. The van der Waals surface area contributed by atoms with E-state index in [1.807, 2.05) is 30.3 Å². The molecule has 0 saturated carbocycles. The number of anilines is 1. The first-order valence-electron chi connectivity index (χ1n) is 11.7. The van der Waals surface area contributed by atoms with Crippen molar-refractivity contribution in [3.05, 3.63) is 41.3 Å². The highest BCUT2D eigenvalue weighted by Gasteiger charge is 2.52. The van der Waals surface area contributed by atoms with Gasteiger partial charge < -0.3 is 14.2 Å². The number of fused-ring (bicyclic) bond motifs is 1. The van der Waals surface area contributed by atoms with Crippen LogP contribution >= 0.6 is 7.52 Å². The second-order valence-electron chi connectivity index (χ2n) is 9.98. The Labute approximate surface area is 185 Å². The number of piperidine rings is 1. The third kappa shape index (κ3) is 4.10. The van der Waals surface area contributed by atoms with Gasteiger partial charge in [0.15, 0.2) is 0 Å². The Hall–Kier alpha value is -1.62. The van der Waals surface area contributed by atoms with E-state index in [0.29, 0.717) is 6.61 Å². The number of hydrogen-bond acceptors (Lipinski definition) is 5. The summed E-state index contributed by atoms with van der Waals surface area (Å²) in [5, 5.41) is 5.83. The molecule has 1 aromatic rings. The minimum Gasteiger partial charge on any atom is -0.376 e. The molecule has 2 saturated heterocycles. The average Bonchev–Trinajstić information content (AvgIpc) is 3.39. The molecule has 1 aromatic carbocycles. The van der Waals surface area contributed by atoms with Crippen LogP contribution in [0.4, 0.5) is 5.69 Å². The van der Waals surface area contributed by atoms with Crippen molar-refractivity contribution in [1.29, 1.82) is 0 Å². The number of ether oxygens (including phenoxy) is 1.